The lowest BCUT2D eigenvalue weighted by Gasteiger charge is -2.38. The molecule has 174 valence electrons. The zero-order valence-electron chi connectivity index (χ0n) is 18.1. The maximum atomic E-state index is 14.0. The molecule has 0 aliphatic carbocycles. The van der Waals surface area contributed by atoms with Crippen LogP contribution < -0.4 is 10.1 Å². The smallest absolute Gasteiger partial charge is 0.193 e. The van der Waals surface area contributed by atoms with Gasteiger partial charge in [-0.25, -0.2) is 8.78 Å². The van der Waals surface area contributed by atoms with E-state index >= 15 is 0 Å². The zero-order chi connectivity index (χ0) is 21.8. The Hall–Kier alpha value is -1.98. The molecule has 32 heavy (non-hydrogen) atoms. The summed E-state index contributed by atoms with van der Waals surface area (Å²) in [6.45, 7) is 4.40. The molecule has 2 aliphatic rings. The van der Waals surface area contributed by atoms with Gasteiger partial charge in [-0.05, 0) is 48.7 Å². The Morgan fingerprint density at radius 3 is 2.69 bits per heavy atom. The number of rotatable bonds is 4. The molecule has 2 heterocycles. The Morgan fingerprint density at radius 2 is 1.94 bits per heavy atom. The first kappa shape index (κ1) is 24.7. The van der Waals surface area contributed by atoms with E-state index in [2.05, 4.69) is 15.2 Å². The number of hydrogen-bond acceptors (Lipinski definition) is 4. The third kappa shape index (κ3) is 5.87. The molecule has 6 nitrogen and oxygen atoms in total. The molecule has 4 rings (SSSR count). The zero-order valence-corrected chi connectivity index (χ0v) is 20.5. The third-order valence-corrected chi connectivity index (χ3v) is 5.44. The standard InChI is InChI=1S/C23H27F2N3O3.HI/c1-15-11-28(12-21(31-15)16-3-5-19(24)6-4-16)23(26-2)27-8-7-17-9-20(25)10-18-13-29-14-30-22(17)18;/h3-6,9-10,15,21H,7-8,11-14H2,1-2H3,(H,26,27);1H. The van der Waals surface area contributed by atoms with E-state index in [1.54, 1.807) is 19.2 Å². The van der Waals surface area contributed by atoms with Gasteiger partial charge in [0.05, 0.1) is 19.3 Å². The van der Waals surface area contributed by atoms with Crippen molar-refractivity contribution in [1.82, 2.24) is 10.2 Å². The van der Waals surface area contributed by atoms with Crippen molar-refractivity contribution in [2.75, 3.05) is 33.5 Å². The molecule has 1 saturated heterocycles. The molecule has 0 amide bonds. The largest absolute Gasteiger partial charge is 0.467 e. The summed E-state index contributed by atoms with van der Waals surface area (Å²) in [5, 5.41) is 3.37. The predicted molar refractivity (Wildman–Crippen MR) is 128 cm³/mol. The van der Waals surface area contributed by atoms with Gasteiger partial charge in [0.25, 0.3) is 0 Å². The second-order valence-corrected chi connectivity index (χ2v) is 7.78. The number of nitrogens with one attached hydrogen (secondary N) is 1. The predicted octanol–water partition coefficient (Wildman–Crippen LogP) is 4.03. The maximum absolute atomic E-state index is 14.0. The van der Waals surface area contributed by atoms with Gasteiger partial charge < -0.3 is 24.4 Å². The summed E-state index contributed by atoms with van der Waals surface area (Å²) < 4.78 is 44.2. The van der Waals surface area contributed by atoms with Crippen LogP contribution in [0.2, 0.25) is 0 Å². The maximum Gasteiger partial charge on any atom is 0.193 e. The van der Waals surface area contributed by atoms with E-state index in [9.17, 15) is 8.78 Å². The van der Waals surface area contributed by atoms with Crippen LogP contribution in [0.3, 0.4) is 0 Å². The van der Waals surface area contributed by atoms with E-state index in [1.165, 1.54) is 24.3 Å². The van der Waals surface area contributed by atoms with Gasteiger partial charge >= 0.3 is 0 Å². The van der Waals surface area contributed by atoms with Crippen LogP contribution in [-0.2, 0) is 22.5 Å². The van der Waals surface area contributed by atoms with Crippen molar-refractivity contribution >= 4 is 29.9 Å². The summed E-state index contributed by atoms with van der Waals surface area (Å²) in [4.78, 5) is 6.55. The van der Waals surface area contributed by atoms with E-state index in [0.29, 0.717) is 38.4 Å². The van der Waals surface area contributed by atoms with Gasteiger partial charge in [-0.3, -0.25) is 4.99 Å². The first-order valence-electron chi connectivity index (χ1n) is 10.4. The Balaban J connectivity index is 0.00000289. The topological polar surface area (TPSA) is 55.3 Å². The lowest BCUT2D eigenvalue weighted by atomic mass is 10.1. The Kier molecular flexibility index (Phi) is 8.66. The fourth-order valence-electron chi connectivity index (χ4n) is 4.07. The molecule has 2 atom stereocenters. The minimum atomic E-state index is -0.295. The number of hydrogen-bond donors (Lipinski definition) is 1. The molecule has 2 aromatic carbocycles. The van der Waals surface area contributed by atoms with Gasteiger partial charge in [-0.2, -0.15) is 0 Å². The number of aliphatic imine (C=N–C) groups is 1. The molecule has 9 heteroatoms. The van der Waals surface area contributed by atoms with Crippen LogP contribution in [0.4, 0.5) is 8.78 Å². The highest BCUT2D eigenvalue weighted by Crippen LogP contribution is 2.30. The molecule has 0 aromatic heterocycles. The van der Waals surface area contributed by atoms with E-state index < -0.39 is 0 Å². The van der Waals surface area contributed by atoms with Crippen molar-refractivity contribution in [1.29, 1.82) is 0 Å². The minimum absolute atomic E-state index is 0. The monoisotopic (exact) mass is 559 g/mol. The van der Waals surface area contributed by atoms with Gasteiger partial charge in [0.15, 0.2) is 12.8 Å². The van der Waals surface area contributed by atoms with Crippen molar-refractivity contribution in [2.24, 2.45) is 4.99 Å². The lowest BCUT2D eigenvalue weighted by molar-refractivity contribution is -0.0604. The van der Waals surface area contributed by atoms with Crippen LogP contribution in [0.25, 0.3) is 0 Å². The molecule has 1 fully saturated rings. The molecule has 0 radical (unpaired) electrons. The number of guanidine groups is 1. The van der Waals surface area contributed by atoms with Crippen molar-refractivity contribution in [3.8, 4) is 5.75 Å². The third-order valence-electron chi connectivity index (χ3n) is 5.44. The number of nitrogens with zero attached hydrogens (tertiary/aromatic N) is 2. The number of halogens is 3. The van der Waals surface area contributed by atoms with Crippen LogP contribution in [0.5, 0.6) is 5.75 Å². The van der Waals surface area contributed by atoms with E-state index in [1.807, 2.05) is 6.92 Å². The highest BCUT2D eigenvalue weighted by molar-refractivity contribution is 14.0. The molecule has 2 aromatic rings. The Bertz CT molecular complexity index is 943. The Morgan fingerprint density at radius 1 is 1.16 bits per heavy atom. The van der Waals surface area contributed by atoms with Crippen LogP contribution >= 0.6 is 24.0 Å². The van der Waals surface area contributed by atoms with E-state index in [0.717, 1.165) is 22.6 Å². The lowest BCUT2D eigenvalue weighted by Crippen LogP contribution is -2.51. The quantitative estimate of drug-likeness (QED) is 0.349. The minimum Gasteiger partial charge on any atom is -0.467 e. The summed E-state index contributed by atoms with van der Waals surface area (Å²) >= 11 is 0. The first-order valence-corrected chi connectivity index (χ1v) is 10.4. The van der Waals surface area contributed by atoms with Gasteiger partial charge in [0.2, 0.25) is 0 Å². The summed E-state index contributed by atoms with van der Waals surface area (Å²) in [5.74, 6) is 0.894. The van der Waals surface area contributed by atoms with Gasteiger partial charge in [0, 0.05) is 25.7 Å². The van der Waals surface area contributed by atoms with Crippen molar-refractivity contribution in [2.45, 2.75) is 32.2 Å². The number of ether oxygens (including phenoxy) is 3. The first-order chi connectivity index (χ1) is 15.0. The molecule has 0 bridgehead atoms. The average molecular weight is 559 g/mol. The van der Waals surface area contributed by atoms with E-state index in [4.69, 9.17) is 14.2 Å². The summed E-state index contributed by atoms with van der Waals surface area (Å²) in [5.41, 5.74) is 2.47. The highest BCUT2D eigenvalue weighted by atomic mass is 127. The fraction of sp³-hybridized carbons (Fsp3) is 0.435. The summed E-state index contributed by atoms with van der Waals surface area (Å²) in [6, 6.07) is 9.36. The van der Waals surface area contributed by atoms with Crippen LogP contribution in [0, 0.1) is 11.6 Å². The second kappa shape index (κ2) is 11.2. The van der Waals surface area contributed by atoms with Gasteiger partial charge in [0.1, 0.15) is 23.5 Å². The number of morpholine rings is 1. The van der Waals surface area contributed by atoms with Crippen molar-refractivity contribution in [3.05, 3.63) is 64.7 Å². The highest BCUT2D eigenvalue weighted by Gasteiger charge is 2.28. The van der Waals surface area contributed by atoms with Gasteiger partial charge in [-0.15, -0.1) is 24.0 Å². The van der Waals surface area contributed by atoms with Gasteiger partial charge in [-0.1, -0.05) is 12.1 Å². The van der Waals surface area contributed by atoms with Crippen LogP contribution in [0.1, 0.15) is 29.7 Å². The van der Waals surface area contributed by atoms with Crippen molar-refractivity contribution in [3.63, 3.8) is 0 Å². The molecule has 2 unspecified atom stereocenters. The molecular formula is C23H28F2IN3O3. The van der Waals surface area contributed by atoms with Crippen molar-refractivity contribution < 1.29 is 23.0 Å². The second-order valence-electron chi connectivity index (χ2n) is 7.78. The van der Waals surface area contributed by atoms with Crippen LogP contribution in [-0.4, -0.2) is 50.4 Å². The summed E-state index contributed by atoms with van der Waals surface area (Å²) in [6.07, 6.45) is 0.401. The Labute approximate surface area is 204 Å². The SMILES string of the molecule is CN=C(NCCc1cc(F)cc2c1OCOC2)N1CC(C)OC(c2ccc(F)cc2)C1.I. The van der Waals surface area contributed by atoms with Crippen LogP contribution in [0.15, 0.2) is 41.4 Å². The summed E-state index contributed by atoms with van der Waals surface area (Å²) in [7, 11) is 1.74. The normalized spacial score (nSPS) is 20.8. The average Bonchev–Trinajstić information content (AvgIpc) is 2.76. The number of benzene rings is 2. The number of fused-ring (bicyclic) bond motifs is 1. The molecular weight excluding hydrogens is 531 g/mol. The molecule has 1 N–H and O–H groups in total. The van der Waals surface area contributed by atoms with E-state index in [-0.39, 0.29) is 54.6 Å². The molecule has 0 spiro atoms. The molecule has 2 aliphatic heterocycles. The molecule has 0 saturated carbocycles. The fourth-order valence-corrected chi connectivity index (χ4v) is 4.07.